The molecule has 160 valence electrons. The molecule has 0 saturated carbocycles. The van der Waals surface area contributed by atoms with Gasteiger partial charge in [0.15, 0.2) is 5.78 Å². The van der Waals surface area contributed by atoms with Crippen LogP contribution in [0.15, 0.2) is 77.2 Å². The number of carbonyl (C=O) groups excluding carboxylic acids is 1. The molecule has 2 aliphatic rings. The molecule has 31 heavy (non-hydrogen) atoms. The third-order valence-electron chi connectivity index (χ3n) is 6.42. The minimum absolute atomic E-state index is 0.118. The van der Waals surface area contributed by atoms with E-state index in [0.29, 0.717) is 19.5 Å². The summed E-state index contributed by atoms with van der Waals surface area (Å²) in [5.41, 5.74) is 2.38. The van der Waals surface area contributed by atoms with Crippen LogP contribution in [0.5, 0.6) is 0 Å². The lowest BCUT2D eigenvalue weighted by Gasteiger charge is -2.46. The number of allylic oxidation sites excluding steroid dienone is 3. The number of nitrogens with zero attached hydrogens (tertiary/aromatic N) is 1. The van der Waals surface area contributed by atoms with E-state index >= 15 is 0 Å². The topological polar surface area (TPSA) is 37.4 Å². The molecule has 0 bridgehead atoms. The van der Waals surface area contributed by atoms with Gasteiger partial charge in [-0.3, -0.25) is 4.79 Å². The van der Waals surface area contributed by atoms with Crippen LogP contribution in [0, 0.1) is 5.41 Å². The Kier molecular flexibility index (Phi) is 6.49. The van der Waals surface area contributed by atoms with Gasteiger partial charge in [0.25, 0.3) is 0 Å². The fraction of sp³-hybridized carbons (Fsp3) is 0.296. The molecule has 1 aliphatic carbocycles. The molecule has 2 atom stereocenters. The van der Waals surface area contributed by atoms with Crippen LogP contribution in [0.2, 0.25) is 0 Å². The summed E-state index contributed by atoms with van der Waals surface area (Å²) in [5.74, 6) is 0.228. The zero-order chi connectivity index (χ0) is 21.8. The maximum Gasteiger partial charge on any atom is 0.155 e. The maximum atomic E-state index is 13.4. The molecule has 1 heterocycles. The summed E-state index contributed by atoms with van der Waals surface area (Å²) in [6.07, 6.45) is 8.87. The van der Waals surface area contributed by atoms with Gasteiger partial charge in [0, 0.05) is 29.8 Å². The molecule has 0 amide bonds. The van der Waals surface area contributed by atoms with Gasteiger partial charge in [-0.2, -0.15) is 0 Å². The van der Waals surface area contributed by atoms with Crippen molar-refractivity contribution in [3.05, 3.63) is 93.2 Å². The van der Waals surface area contributed by atoms with Gasteiger partial charge in [0.1, 0.15) is 11.0 Å². The van der Waals surface area contributed by atoms with Crippen LogP contribution < -0.4 is 10.4 Å². The number of hydrogen-bond donors (Lipinski definition) is 0. The Bertz CT molecular complexity index is 1170. The first-order chi connectivity index (χ1) is 15.0. The van der Waals surface area contributed by atoms with Gasteiger partial charge >= 0.3 is 0 Å². The highest BCUT2D eigenvalue weighted by Gasteiger charge is 2.43. The van der Waals surface area contributed by atoms with Crippen molar-refractivity contribution in [1.29, 1.82) is 0 Å². The lowest BCUT2D eigenvalue weighted by molar-refractivity contribution is -0.116. The maximum absolute atomic E-state index is 13.4. The molecule has 2 aromatic carbocycles. The molecule has 1 saturated heterocycles. The third-order valence-corrected chi connectivity index (χ3v) is 7.89. The van der Waals surface area contributed by atoms with Gasteiger partial charge in [-0.1, -0.05) is 72.8 Å². The summed E-state index contributed by atoms with van der Waals surface area (Å²) >= 11 is 0. The molecule has 1 fully saturated rings. The largest absolute Gasteiger partial charge is 0.295 e. The van der Waals surface area contributed by atoms with Crippen LogP contribution in [-0.2, 0) is 22.2 Å². The summed E-state index contributed by atoms with van der Waals surface area (Å²) in [7, 11) is -1.21. The first kappa shape index (κ1) is 21.7. The van der Waals surface area contributed by atoms with E-state index in [-0.39, 0.29) is 11.2 Å². The molecule has 1 aliphatic heterocycles. The Morgan fingerprint density at radius 3 is 2.65 bits per heavy atom. The summed E-state index contributed by atoms with van der Waals surface area (Å²) in [4.78, 5) is 12.9. The normalized spacial score (nSPS) is 23.9. The molecule has 4 heteroatoms. The minimum atomic E-state index is -1.21. The van der Waals surface area contributed by atoms with Crippen LogP contribution in [-0.4, -0.2) is 27.4 Å². The Morgan fingerprint density at radius 2 is 1.87 bits per heavy atom. The zero-order valence-electron chi connectivity index (χ0n) is 18.0. The molecule has 0 N–H and O–H groups in total. The predicted molar refractivity (Wildman–Crippen MR) is 129 cm³/mol. The van der Waals surface area contributed by atoms with Crippen molar-refractivity contribution in [2.24, 2.45) is 5.41 Å². The Balaban J connectivity index is 1.59. The Morgan fingerprint density at radius 1 is 1.13 bits per heavy atom. The van der Waals surface area contributed by atoms with E-state index in [1.54, 1.807) is 0 Å². The predicted octanol–water partition coefficient (Wildman–Crippen LogP) is 3.67. The third kappa shape index (κ3) is 4.86. The summed E-state index contributed by atoms with van der Waals surface area (Å²) in [6.45, 7) is 7.40. The molecule has 0 aromatic heterocycles. The average molecular weight is 432 g/mol. The van der Waals surface area contributed by atoms with E-state index in [9.17, 15) is 9.00 Å². The number of fused-ring (bicyclic) bond motifs is 1. The van der Waals surface area contributed by atoms with Crippen molar-refractivity contribution in [3.8, 4) is 0 Å². The van der Waals surface area contributed by atoms with Crippen molar-refractivity contribution in [2.75, 3.05) is 13.1 Å². The van der Waals surface area contributed by atoms with Gasteiger partial charge in [0.05, 0.1) is 0 Å². The first-order valence-corrected chi connectivity index (χ1v) is 11.9. The molecule has 4 rings (SSSR count). The minimum Gasteiger partial charge on any atom is -0.295 e. The van der Waals surface area contributed by atoms with Gasteiger partial charge in [-0.15, -0.1) is 0 Å². The second-order valence-corrected chi connectivity index (χ2v) is 10.2. The summed E-state index contributed by atoms with van der Waals surface area (Å²) < 4.78 is 15.5. The number of carbonyl (C=O) groups is 1. The second kappa shape index (κ2) is 9.29. The van der Waals surface area contributed by atoms with E-state index < -0.39 is 11.0 Å². The molecule has 3 nitrogen and oxygen atoms in total. The average Bonchev–Trinajstić information content (AvgIpc) is 2.78. The molecule has 2 unspecified atom stereocenters. The number of hydrogen-bond acceptors (Lipinski definition) is 2. The van der Waals surface area contributed by atoms with E-state index in [0.717, 1.165) is 34.6 Å². The Labute approximate surface area is 187 Å². The van der Waals surface area contributed by atoms with Gasteiger partial charge < -0.3 is 0 Å². The van der Waals surface area contributed by atoms with Gasteiger partial charge in [-0.25, -0.2) is 8.51 Å². The lowest BCUT2D eigenvalue weighted by atomic mass is 9.66. The summed E-state index contributed by atoms with van der Waals surface area (Å²) in [5, 5.41) is 1.99. The molecule has 2 aromatic rings. The van der Waals surface area contributed by atoms with Crippen LogP contribution >= 0.6 is 0 Å². The SMILES string of the molecule is C=c1cccc/c1=C/C=C(\C)S(=O)N1CCC2=CC(=O)CCC2(Cc2ccccc2)C1. The molecule has 0 radical (unpaired) electrons. The van der Waals surface area contributed by atoms with Crippen molar-refractivity contribution < 1.29 is 9.00 Å². The smallest absolute Gasteiger partial charge is 0.155 e. The highest BCUT2D eigenvalue weighted by Crippen LogP contribution is 2.45. The quantitative estimate of drug-likeness (QED) is 0.724. The van der Waals surface area contributed by atoms with Crippen LogP contribution in [0.3, 0.4) is 0 Å². The van der Waals surface area contributed by atoms with Gasteiger partial charge in [0.2, 0.25) is 0 Å². The van der Waals surface area contributed by atoms with Crippen molar-refractivity contribution in [2.45, 2.75) is 32.6 Å². The second-order valence-electron chi connectivity index (χ2n) is 8.58. The zero-order valence-corrected chi connectivity index (χ0v) is 18.9. The monoisotopic (exact) mass is 431 g/mol. The van der Waals surface area contributed by atoms with Crippen molar-refractivity contribution >= 4 is 29.4 Å². The highest BCUT2D eigenvalue weighted by molar-refractivity contribution is 7.86. The first-order valence-electron chi connectivity index (χ1n) is 10.8. The van der Waals surface area contributed by atoms with E-state index in [1.807, 2.05) is 55.5 Å². The number of rotatable bonds is 5. The van der Waals surface area contributed by atoms with Crippen LogP contribution in [0.1, 0.15) is 31.7 Å². The van der Waals surface area contributed by atoms with Crippen molar-refractivity contribution in [1.82, 2.24) is 4.31 Å². The van der Waals surface area contributed by atoms with E-state index in [1.165, 1.54) is 11.1 Å². The number of ketones is 1. The van der Waals surface area contributed by atoms with Crippen LogP contribution in [0.25, 0.3) is 12.7 Å². The van der Waals surface area contributed by atoms with E-state index in [2.05, 4.69) is 35.1 Å². The van der Waals surface area contributed by atoms with E-state index in [4.69, 9.17) is 0 Å². The molecular formula is C27H29NO2S. The van der Waals surface area contributed by atoms with Gasteiger partial charge in [-0.05, 0) is 54.3 Å². The molecule has 0 spiro atoms. The highest BCUT2D eigenvalue weighted by atomic mass is 32.2. The molecular weight excluding hydrogens is 402 g/mol. The fourth-order valence-corrected chi connectivity index (χ4v) is 5.89. The van der Waals surface area contributed by atoms with Crippen LogP contribution in [0.4, 0.5) is 0 Å². The lowest BCUT2D eigenvalue weighted by Crippen LogP contribution is -2.48. The summed E-state index contributed by atoms with van der Waals surface area (Å²) in [6, 6.07) is 18.4. The standard InChI is InChI=1S/C27H29NO2S/c1-21-8-6-7-11-24(21)13-12-22(2)31(30)28-17-15-25-18-26(29)14-16-27(25,20-28)19-23-9-4-3-5-10-23/h3-13,18H,1,14-17,19-20H2,2H3/b22-12+,24-13-. The number of piperidine rings is 1. The number of benzene rings is 2. The Hall–Kier alpha value is -2.56. The fourth-order valence-electron chi connectivity index (χ4n) is 4.67. The van der Waals surface area contributed by atoms with Crippen molar-refractivity contribution in [3.63, 3.8) is 0 Å².